The van der Waals surface area contributed by atoms with Gasteiger partial charge in [0.25, 0.3) is 0 Å². The summed E-state index contributed by atoms with van der Waals surface area (Å²) in [5, 5.41) is 15.4. The van der Waals surface area contributed by atoms with Crippen LogP contribution >= 0.6 is 0 Å². The van der Waals surface area contributed by atoms with Crippen molar-refractivity contribution in [1.82, 2.24) is 20.0 Å². The van der Waals surface area contributed by atoms with E-state index in [9.17, 15) is 0 Å². The number of aromatic amines is 1. The molecule has 2 rings (SSSR count). The molecule has 0 radical (unpaired) electrons. The molecule has 0 aromatic carbocycles. The van der Waals surface area contributed by atoms with Gasteiger partial charge in [-0.1, -0.05) is 0 Å². The van der Waals surface area contributed by atoms with E-state index in [0.29, 0.717) is 0 Å². The topological polar surface area (TPSA) is 58.5 Å². The van der Waals surface area contributed by atoms with Crippen molar-refractivity contribution in [3.63, 3.8) is 0 Å². The van der Waals surface area contributed by atoms with Gasteiger partial charge in [0.05, 0.1) is 28.8 Å². The zero-order chi connectivity index (χ0) is 14.2. The van der Waals surface area contributed by atoms with Gasteiger partial charge in [0, 0.05) is 17.8 Å². The molecular weight excluding hydrogens is 238 g/mol. The van der Waals surface area contributed by atoms with Crippen molar-refractivity contribution in [3.8, 4) is 0 Å². The van der Waals surface area contributed by atoms with Gasteiger partial charge in [0.2, 0.25) is 0 Å². The van der Waals surface area contributed by atoms with Crippen LogP contribution in [0, 0.1) is 27.7 Å². The molecule has 0 spiro atoms. The third-order valence-electron chi connectivity index (χ3n) is 3.66. The molecule has 1 unspecified atom stereocenters. The van der Waals surface area contributed by atoms with Crippen LogP contribution in [0.1, 0.15) is 48.2 Å². The Balaban J connectivity index is 2.30. The highest BCUT2D eigenvalue weighted by atomic mass is 15.3. The summed E-state index contributed by atoms with van der Waals surface area (Å²) < 4.78 is 2.05. The van der Waals surface area contributed by atoms with Crippen LogP contribution in [0.4, 0.5) is 5.69 Å². The maximum atomic E-state index is 4.58. The smallest absolute Gasteiger partial charge is 0.0825 e. The van der Waals surface area contributed by atoms with Crippen LogP contribution in [-0.4, -0.2) is 20.0 Å². The average molecular weight is 261 g/mol. The van der Waals surface area contributed by atoms with Gasteiger partial charge in [-0.2, -0.15) is 10.2 Å². The van der Waals surface area contributed by atoms with Gasteiger partial charge in [-0.25, -0.2) is 0 Å². The second kappa shape index (κ2) is 5.07. The van der Waals surface area contributed by atoms with Gasteiger partial charge in [-0.05, 0) is 41.5 Å². The minimum Gasteiger partial charge on any atom is -0.375 e. The summed E-state index contributed by atoms with van der Waals surface area (Å²) in [5.41, 5.74) is 6.78. The molecule has 2 heterocycles. The maximum absolute atomic E-state index is 4.58. The maximum Gasteiger partial charge on any atom is 0.0825 e. The van der Waals surface area contributed by atoms with E-state index in [1.165, 1.54) is 11.3 Å². The Morgan fingerprint density at radius 2 is 1.89 bits per heavy atom. The fraction of sp³-hybridized carbons (Fsp3) is 0.571. The van der Waals surface area contributed by atoms with Crippen LogP contribution in [-0.2, 0) is 6.54 Å². The van der Waals surface area contributed by atoms with Gasteiger partial charge in [0.1, 0.15) is 0 Å². The lowest BCUT2D eigenvalue weighted by Crippen LogP contribution is -2.10. The number of hydrogen-bond donors (Lipinski definition) is 2. The predicted octanol–water partition coefficient (Wildman–Crippen LogP) is 3.03. The molecule has 5 heteroatoms. The molecule has 0 saturated carbocycles. The number of nitrogens with one attached hydrogen (secondary N) is 2. The first-order chi connectivity index (χ1) is 8.95. The molecule has 1 atom stereocenters. The van der Waals surface area contributed by atoms with Gasteiger partial charge in [-0.3, -0.25) is 9.78 Å². The molecule has 0 aliphatic rings. The summed E-state index contributed by atoms with van der Waals surface area (Å²) in [6, 6.07) is 0.218. The summed E-state index contributed by atoms with van der Waals surface area (Å²) in [6.45, 7) is 13.4. The molecule has 0 aliphatic heterocycles. The third kappa shape index (κ3) is 2.37. The van der Waals surface area contributed by atoms with Crippen LogP contribution in [0.2, 0.25) is 0 Å². The van der Waals surface area contributed by atoms with E-state index in [2.05, 4.69) is 53.0 Å². The van der Waals surface area contributed by atoms with Crippen molar-refractivity contribution in [1.29, 1.82) is 0 Å². The molecule has 104 valence electrons. The van der Waals surface area contributed by atoms with E-state index < -0.39 is 0 Å². The summed E-state index contributed by atoms with van der Waals surface area (Å²) in [7, 11) is 0. The van der Waals surface area contributed by atoms with Crippen molar-refractivity contribution < 1.29 is 0 Å². The van der Waals surface area contributed by atoms with Crippen LogP contribution in [0.15, 0.2) is 0 Å². The minimum absolute atomic E-state index is 0.218. The van der Waals surface area contributed by atoms with Crippen molar-refractivity contribution >= 4 is 5.69 Å². The standard InChI is InChI=1S/C14H23N5/c1-7-19-12(6)13(9(3)18-19)8(2)15-14-10(4)16-17-11(14)5/h8,15H,7H2,1-6H3,(H,16,17). The SMILES string of the molecule is CCn1nc(C)c(C(C)Nc2c(C)n[nH]c2C)c1C. The number of hydrogen-bond acceptors (Lipinski definition) is 3. The number of aromatic nitrogens is 4. The first-order valence-corrected chi connectivity index (χ1v) is 6.77. The minimum atomic E-state index is 0.218. The predicted molar refractivity (Wildman–Crippen MR) is 77.5 cm³/mol. The Kier molecular flexibility index (Phi) is 3.64. The lowest BCUT2D eigenvalue weighted by atomic mass is 10.1. The number of aryl methyl sites for hydroxylation is 4. The third-order valence-corrected chi connectivity index (χ3v) is 3.66. The Morgan fingerprint density at radius 1 is 1.21 bits per heavy atom. The first-order valence-electron chi connectivity index (χ1n) is 6.77. The van der Waals surface area contributed by atoms with Crippen molar-refractivity contribution in [2.45, 2.75) is 54.1 Å². The van der Waals surface area contributed by atoms with Gasteiger partial charge < -0.3 is 5.32 Å². The molecule has 0 amide bonds. The Morgan fingerprint density at radius 3 is 2.37 bits per heavy atom. The largest absolute Gasteiger partial charge is 0.375 e. The summed E-state index contributed by atoms with van der Waals surface area (Å²) >= 11 is 0. The van der Waals surface area contributed by atoms with Crippen molar-refractivity contribution in [2.75, 3.05) is 5.32 Å². The van der Waals surface area contributed by atoms with E-state index in [1.54, 1.807) is 0 Å². The van der Waals surface area contributed by atoms with Gasteiger partial charge in [-0.15, -0.1) is 0 Å². The Labute approximate surface area is 114 Å². The molecule has 2 aromatic heterocycles. The summed E-state index contributed by atoms with van der Waals surface area (Å²) in [4.78, 5) is 0. The second-order valence-electron chi connectivity index (χ2n) is 5.08. The van der Waals surface area contributed by atoms with E-state index in [4.69, 9.17) is 0 Å². The molecular formula is C14H23N5. The van der Waals surface area contributed by atoms with E-state index in [-0.39, 0.29) is 6.04 Å². The highest BCUT2D eigenvalue weighted by Gasteiger charge is 2.18. The van der Waals surface area contributed by atoms with Gasteiger partial charge in [0.15, 0.2) is 0 Å². The van der Waals surface area contributed by atoms with Crippen LogP contribution in [0.3, 0.4) is 0 Å². The molecule has 0 fully saturated rings. The van der Waals surface area contributed by atoms with Crippen molar-refractivity contribution in [2.24, 2.45) is 0 Å². The Hall–Kier alpha value is -1.78. The van der Waals surface area contributed by atoms with E-state index in [1.807, 2.05) is 13.8 Å². The van der Waals surface area contributed by atoms with Crippen LogP contribution in [0.25, 0.3) is 0 Å². The Bertz CT molecular complexity index is 559. The summed E-state index contributed by atoms with van der Waals surface area (Å²) in [6.07, 6.45) is 0. The summed E-state index contributed by atoms with van der Waals surface area (Å²) in [5.74, 6) is 0. The highest BCUT2D eigenvalue weighted by Crippen LogP contribution is 2.27. The number of anilines is 1. The number of rotatable bonds is 4. The first kappa shape index (κ1) is 13.6. The molecule has 0 aliphatic carbocycles. The van der Waals surface area contributed by atoms with Crippen LogP contribution in [0.5, 0.6) is 0 Å². The molecule has 0 bridgehead atoms. The lowest BCUT2D eigenvalue weighted by molar-refractivity contribution is 0.632. The fourth-order valence-electron chi connectivity index (χ4n) is 2.70. The lowest BCUT2D eigenvalue weighted by Gasteiger charge is -2.16. The molecule has 19 heavy (non-hydrogen) atoms. The van der Waals surface area contributed by atoms with Gasteiger partial charge >= 0.3 is 0 Å². The quantitative estimate of drug-likeness (QED) is 0.889. The molecule has 2 aromatic rings. The highest BCUT2D eigenvalue weighted by molar-refractivity contribution is 5.53. The number of nitrogens with zero attached hydrogens (tertiary/aromatic N) is 3. The zero-order valence-corrected chi connectivity index (χ0v) is 12.6. The fourth-order valence-corrected chi connectivity index (χ4v) is 2.70. The normalized spacial score (nSPS) is 12.7. The molecule has 2 N–H and O–H groups in total. The molecule has 5 nitrogen and oxygen atoms in total. The second-order valence-corrected chi connectivity index (χ2v) is 5.08. The van der Waals surface area contributed by atoms with E-state index >= 15 is 0 Å². The average Bonchev–Trinajstić information content (AvgIpc) is 2.82. The zero-order valence-electron chi connectivity index (χ0n) is 12.6. The van der Waals surface area contributed by atoms with Crippen LogP contribution < -0.4 is 5.32 Å². The number of H-pyrrole nitrogens is 1. The molecule has 0 saturated heterocycles. The van der Waals surface area contributed by atoms with E-state index in [0.717, 1.165) is 29.3 Å². The van der Waals surface area contributed by atoms with Crippen molar-refractivity contribution in [3.05, 3.63) is 28.3 Å². The monoisotopic (exact) mass is 261 g/mol.